The predicted octanol–water partition coefficient (Wildman–Crippen LogP) is 1.02. The highest BCUT2D eigenvalue weighted by Crippen LogP contribution is 2.11. The number of ketones is 1. The van der Waals surface area contributed by atoms with Crippen LogP contribution in [0, 0.1) is 12.3 Å². The fourth-order valence-electron chi connectivity index (χ4n) is 2.28. The summed E-state index contributed by atoms with van der Waals surface area (Å²) in [6, 6.07) is 1.66. The molecule has 5 heteroatoms. The van der Waals surface area contributed by atoms with Crippen LogP contribution in [-0.2, 0) is 0 Å². The van der Waals surface area contributed by atoms with Crippen molar-refractivity contribution in [3.05, 3.63) is 55.0 Å². The predicted molar refractivity (Wildman–Crippen MR) is 86.7 cm³/mol. The van der Waals surface area contributed by atoms with Crippen LogP contribution in [0.3, 0.4) is 0 Å². The molecule has 0 atom stereocenters. The van der Waals surface area contributed by atoms with Gasteiger partial charge in [-0.15, -0.1) is 0 Å². The normalized spacial score (nSPS) is 12.9. The number of carbonyl (C=O) groups is 1. The molecule has 22 heavy (non-hydrogen) atoms. The van der Waals surface area contributed by atoms with Gasteiger partial charge in [-0.25, -0.2) is 4.99 Å². The molecule has 1 aromatic rings. The number of anilines is 1. The first-order valence-electron chi connectivity index (χ1n) is 6.80. The SMILES string of the molecule is CC(=N)C1=C=C(C)C=c2c(cc(C)c(N)c(C(C)=O)c2=O)=N1. The minimum atomic E-state index is -0.443. The topological polar surface area (TPSA) is 96.4 Å². The molecule has 0 fully saturated rings. The third kappa shape index (κ3) is 2.67. The quantitative estimate of drug-likeness (QED) is 0.484. The second-order valence-electron chi connectivity index (χ2n) is 5.34. The number of allylic oxidation sites excluding steroid dienone is 1. The standard InChI is InChI=1S/C17H17N3O2/c1-8-5-12-14(20-13(6-8)10(3)18)7-9(2)16(19)15(11(4)21)17(12)22/h5,7,18H,19H2,1-4H3. The molecule has 0 saturated carbocycles. The number of nitrogens with two attached hydrogens (primary N) is 1. The first-order chi connectivity index (χ1) is 10.2. The van der Waals surface area contributed by atoms with Gasteiger partial charge in [-0.2, -0.15) is 0 Å². The Kier molecular flexibility index (Phi) is 3.93. The molecule has 0 aromatic heterocycles. The summed E-state index contributed by atoms with van der Waals surface area (Å²) in [5, 5.41) is 8.44. The van der Waals surface area contributed by atoms with Crippen LogP contribution >= 0.6 is 0 Å². The number of carbonyl (C=O) groups excluding carboxylic acids is 1. The number of nitrogen functional groups attached to an aromatic ring is 1. The summed E-state index contributed by atoms with van der Waals surface area (Å²) >= 11 is 0. The van der Waals surface area contributed by atoms with E-state index in [2.05, 4.69) is 10.7 Å². The van der Waals surface area contributed by atoms with Crippen LogP contribution in [0.2, 0.25) is 0 Å². The number of hydrogen-bond acceptors (Lipinski definition) is 5. The number of nitrogens with one attached hydrogen (secondary N) is 1. The summed E-state index contributed by atoms with van der Waals surface area (Å²) in [6.07, 6.45) is 1.63. The van der Waals surface area contributed by atoms with Gasteiger partial charge in [-0.05, 0) is 51.0 Å². The molecule has 112 valence electrons. The number of fused-ring (bicyclic) bond motifs is 1. The van der Waals surface area contributed by atoms with E-state index in [4.69, 9.17) is 11.1 Å². The van der Waals surface area contributed by atoms with Crippen molar-refractivity contribution >= 4 is 23.3 Å². The van der Waals surface area contributed by atoms with Gasteiger partial charge in [0.25, 0.3) is 0 Å². The smallest absolute Gasteiger partial charge is 0.200 e. The largest absolute Gasteiger partial charge is 0.398 e. The molecule has 5 nitrogen and oxygen atoms in total. The van der Waals surface area contributed by atoms with Gasteiger partial charge in [-0.3, -0.25) is 9.59 Å². The number of hydrogen-bond donors (Lipinski definition) is 2. The zero-order valence-electron chi connectivity index (χ0n) is 13.0. The van der Waals surface area contributed by atoms with Crippen LogP contribution in [-0.4, -0.2) is 11.5 Å². The third-order valence-corrected chi connectivity index (χ3v) is 3.41. The molecule has 2 rings (SSSR count). The number of nitrogens with zero attached hydrogens (tertiary/aromatic N) is 1. The summed E-state index contributed by atoms with van der Waals surface area (Å²) in [5.41, 5.74) is 10.5. The van der Waals surface area contributed by atoms with Gasteiger partial charge in [0, 0.05) is 10.9 Å². The van der Waals surface area contributed by atoms with Crippen molar-refractivity contribution in [1.29, 1.82) is 5.41 Å². The molecular formula is C17H17N3O2. The summed E-state index contributed by atoms with van der Waals surface area (Å²) in [7, 11) is 0. The Bertz CT molecular complexity index is 963. The zero-order chi connectivity index (χ0) is 16.6. The second kappa shape index (κ2) is 5.54. The Hall–Kier alpha value is -2.78. The van der Waals surface area contributed by atoms with Gasteiger partial charge in [-0.1, -0.05) is 5.73 Å². The summed E-state index contributed by atoms with van der Waals surface area (Å²) < 4.78 is 0. The Morgan fingerprint density at radius 3 is 2.50 bits per heavy atom. The number of aryl methyl sites for hydroxylation is 1. The first kappa shape index (κ1) is 15.6. The first-order valence-corrected chi connectivity index (χ1v) is 6.80. The molecule has 0 amide bonds. The molecule has 1 aromatic carbocycles. The van der Waals surface area contributed by atoms with E-state index in [1.807, 2.05) is 0 Å². The Balaban J connectivity index is 3.14. The van der Waals surface area contributed by atoms with Gasteiger partial charge in [0.1, 0.15) is 5.70 Å². The fraction of sp³-hybridized carbons (Fsp3) is 0.235. The van der Waals surface area contributed by atoms with E-state index < -0.39 is 5.43 Å². The highest BCUT2D eigenvalue weighted by Gasteiger charge is 2.14. The van der Waals surface area contributed by atoms with Crippen molar-refractivity contribution in [2.45, 2.75) is 27.7 Å². The molecule has 0 bridgehead atoms. The molecule has 0 radical (unpaired) electrons. The molecular weight excluding hydrogens is 278 g/mol. The summed E-state index contributed by atoms with van der Waals surface area (Å²) in [5.74, 6) is -0.375. The lowest BCUT2D eigenvalue weighted by Gasteiger charge is -1.98. The Morgan fingerprint density at radius 2 is 1.95 bits per heavy atom. The average Bonchev–Trinajstić information content (AvgIpc) is 2.61. The van der Waals surface area contributed by atoms with E-state index in [0.29, 0.717) is 27.4 Å². The van der Waals surface area contributed by atoms with Crippen LogP contribution in [0.15, 0.2) is 32.9 Å². The number of Topliss-reactive ketones (excluding diaryl/α,β-unsaturated/α-hetero) is 1. The van der Waals surface area contributed by atoms with E-state index in [1.165, 1.54) is 6.92 Å². The number of rotatable bonds is 2. The third-order valence-electron chi connectivity index (χ3n) is 3.41. The fourth-order valence-corrected chi connectivity index (χ4v) is 2.28. The Labute approximate surface area is 127 Å². The molecule has 1 aliphatic rings. The Morgan fingerprint density at radius 1 is 1.32 bits per heavy atom. The van der Waals surface area contributed by atoms with Crippen molar-refractivity contribution in [3.8, 4) is 0 Å². The van der Waals surface area contributed by atoms with Crippen molar-refractivity contribution in [2.24, 2.45) is 4.99 Å². The van der Waals surface area contributed by atoms with Gasteiger partial charge in [0.2, 0.25) is 5.43 Å². The molecule has 1 heterocycles. The highest BCUT2D eigenvalue weighted by molar-refractivity contribution is 5.99. The lowest BCUT2D eigenvalue weighted by molar-refractivity contribution is 0.101. The maximum atomic E-state index is 12.7. The van der Waals surface area contributed by atoms with Crippen LogP contribution in [0.5, 0.6) is 0 Å². The van der Waals surface area contributed by atoms with Gasteiger partial charge in [0.05, 0.1) is 16.6 Å². The monoisotopic (exact) mass is 295 g/mol. The molecule has 0 unspecified atom stereocenters. The van der Waals surface area contributed by atoms with Crippen LogP contribution in [0.25, 0.3) is 6.08 Å². The van der Waals surface area contributed by atoms with E-state index in [1.54, 1.807) is 32.9 Å². The zero-order valence-corrected chi connectivity index (χ0v) is 13.0. The lowest BCUT2D eigenvalue weighted by Crippen LogP contribution is -2.39. The summed E-state index contributed by atoms with van der Waals surface area (Å²) in [6.45, 7) is 6.42. The van der Waals surface area contributed by atoms with Gasteiger partial charge in [0.15, 0.2) is 5.78 Å². The maximum Gasteiger partial charge on any atom is 0.200 e. The van der Waals surface area contributed by atoms with E-state index in [9.17, 15) is 9.59 Å². The minimum Gasteiger partial charge on any atom is -0.398 e. The van der Waals surface area contributed by atoms with Crippen LogP contribution < -0.4 is 21.7 Å². The minimum absolute atomic E-state index is 0.0203. The van der Waals surface area contributed by atoms with Gasteiger partial charge < -0.3 is 11.1 Å². The van der Waals surface area contributed by atoms with Crippen molar-refractivity contribution in [1.82, 2.24) is 0 Å². The average molecular weight is 295 g/mol. The van der Waals surface area contributed by atoms with Crippen molar-refractivity contribution in [2.75, 3.05) is 5.73 Å². The van der Waals surface area contributed by atoms with Crippen molar-refractivity contribution in [3.63, 3.8) is 0 Å². The summed E-state index contributed by atoms with van der Waals surface area (Å²) in [4.78, 5) is 28.9. The lowest BCUT2D eigenvalue weighted by atomic mass is 10.1. The van der Waals surface area contributed by atoms with E-state index in [0.717, 1.165) is 0 Å². The molecule has 0 saturated heterocycles. The van der Waals surface area contributed by atoms with E-state index >= 15 is 0 Å². The van der Waals surface area contributed by atoms with E-state index in [-0.39, 0.29) is 22.7 Å². The second-order valence-corrected chi connectivity index (χ2v) is 5.34. The molecule has 3 N–H and O–H groups in total. The molecule has 1 aliphatic heterocycles. The maximum absolute atomic E-state index is 12.7. The van der Waals surface area contributed by atoms with Crippen LogP contribution in [0.1, 0.15) is 36.7 Å². The molecule has 0 spiro atoms. The highest BCUT2D eigenvalue weighted by atomic mass is 16.1. The molecule has 0 aliphatic carbocycles. The van der Waals surface area contributed by atoms with Crippen molar-refractivity contribution < 1.29 is 4.79 Å². The van der Waals surface area contributed by atoms with Gasteiger partial charge >= 0.3 is 0 Å². The van der Waals surface area contributed by atoms with Crippen LogP contribution in [0.4, 0.5) is 5.69 Å².